The van der Waals surface area contributed by atoms with Gasteiger partial charge in [0.25, 0.3) is 0 Å². The minimum atomic E-state index is 0.953. The van der Waals surface area contributed by atoms with E-state index in [-0.39, 0.29) is 0 Å². The average molecular weight is 218 g/mol. The Morgan fingerprint density at radius 1 is 0.647 bits per heavy atom. The second-order valence-corrected chi connectivity index (χ2v) is 4.28. The molecule has 1 nitrogen and oxygen atoms in total. The van der Waals surface area contributed by atoms with Gasteiger partial charge in [0, 0.05) is 10.8 Å². The number of furan rings is 1. The molecule has 0 atom stereocenters. The zero-order chi connectivity index (χ0) is 11.2. The summed E-state index contributed by atoms with van der Waals surface area (Å²) in [7, 11) is 0. The molecule has 0 N–H and O–H groups in total. The third-order valence-electron chi connectivity index (χ3n) is 3.34. The summed E-state index contributed by atoms with van der Waals surface area (Å²) in [5.74, 6) is 0. The molecule has 0 bridgehead atoms. The van der Waals surface area contributed by atoms with Gasteiger partial charge in [0.15, 0.2) is 0 Å². The molecular weight excluding hydrogens is 208 g/mol. The first-order chi connectivity index (χ1) is 8.43. The van der Waals surface area contributed by atoms with Crippen molar-refractivity contribution in [1.82, 2.24) is 0 Å². The van der Waals surface area contributed by atoms with Crippen LogP contribution in [0.25, 0.3) is 32.5 Å². The van der Waals surface area contributed by atoms with Gasteiger partial charge in [0.05, 0.1) is 6.26 Å². The van der Waals surface area contributed by atoms with Crippen LogP contribution >= 0.6 is 0 Å². The number of fused-ring (bicyclic) bond motifs is 5. The van der Waals surface area contributed by atoms with Crippen LogP contribution in [0, 0.1) is 0 Å². The Balaban J connectivity index is 2.41. The molecule has 4 aromatic rings. The van der Waals surface area contributed by atoms with Crippen molar-refractivity contribution in [3.63, 3.8) is 0 Å². The predicted octanol–water partition coefficient (Wildman–Crippen LogP) is 4.74. The summed E-state index contributed by atoms with van der Waals surface area (Å²) < 4.78 is 5.47. The second-order valence-electron chi connectivity index (χ2n) is 4.28. The molecule has 0 aliphatic heterocycles. The number of rotatable bonds is 0. The number of hydrogen-bond acceptors (Lipinski definition) is 1. The van der Waals surface area contributed by atoms with Crippen molar-refractivity contribution in [3.8, 4) is 0 Å². The van der Waals surface area contributed by atoms with E-state index in [4.69, 9.17) is 4.42 Å². The highest BCUT2D eigenvalue weighted by atomic mass is 16.3. The molecule has 1 heterocycles. The molecule has 4 rings (SSSR count). The molecular formula is C16H10O. The lowest BCUT2D eigenvalue weighted by Crippen LogP contribution is -1.77. The second kappa shape index (κ2) is 3.11. The van der Waals surface area contributed by atoms with E-state index in [9.17, 15) is 0 Å². The van der Waals surface area contributed by atoms with Crippen LogP contribution in [0.4, 0.5) is 0 Å². The SMILES string of the molecule is c1ccc2c(c1)ccc1ccc3occc3c12. The third kappa shape index (κ3) is 1.14. The molecule has 0 fully saturated rings. The van der Waals surface area contributed by atoms with Gasteiger partial charge >= 0.3 is 0 Å². The lowest BCUT2D eigenvalue weighted by Gasteiger charge is -2.04. The van der Waals surface area contributed by atoms with Gasteiger partial charge in [-0.1, -0.05) is 42.5 Å². The molecule has 0 aliphatic carbocycles. The van der Waals surface area contributed by atoms with Crippen LogP contribution in [-0.4, -0.2) is 0 Å². The van der Waals surface area contributed by atoms with E-state index in [1.807, 2.05) is 12.1 Å². The van der Waals surface area contributed by atoms with Crippen LogP contribution in [0.5, 0.6) is 0 Å². The maximum absolute atomic E-state index is 5.47. The van der Waals surface area contributed by atoms with Crippen LogP contribution in [0.15, 0.2) is 65.3 Å². The first-order valence-electron chi connectivity index (χ1n) is 5.71. The Hall–Kier alpha value is -2.28. The van der Waals surface area contributed by atoms with E-state index in [1.165, 1.54) is 26.9 Å². The highest BCUT2D eigenvalue weighted by Crippen LogP contribution is 2.32. The Kier molecular flexibility index (Phi) is 1.61. The zero-order valence-electron chi connectivity index (χ0n) is 9.18. The summed E-state index contributed by atoms with van der Waals surface area (Å²) in [5, 5.41) is 6.30. The smallest absolute Gasteiger partial charge is 0.134 e. The number of hydrogen-bond donors (Lipinski definition) is 0. The Morgan fingerprint density at radius 2 is 1.47 bits per heavy atom. The lowest BCUT2D eigenvalue weighted by atomic mass is 9.99. The molecule has 1 heteroatoms. The van der Waals surface area contributed by atoms with Crippen molar-refractivity contribution >= 4 is 32.5 Å². The van der Waals surface area contributed by atoms with Crippen LogP contribution in [0.2, 0.25) is 0 Å². The molecule has 0 unspecified atom stereocenters. The fourth-order valence-corrected chi connectivity index (χ4v) is 2.55. The van der Waals surface area contributed by atoms with E-state index in [0.29, 0.717) is 0 Å². The minimum Gasteiger partial charge on any atom is -0.464 e. The quantitative estimate of drug-likeness (QED) is 0.388. The van der Waals surface area contributed by atoms with Crippen LogP contribution in [-0.2, 0) is 0 Å². The average Bonchev–Trinajstić information content (AvgIpc) is 2.86. The predicted molar refractivity (Wildman–Crippen MR) is 71.2 cm³/mol. The summed E-state index contributed by atoms with van der Waals surface area (Å²) in [6.07, 6.45) is 1.76. The van der Waals surface area contributed by atoms with E-state index in [2.05, 4.69) is 42.5 Å². The molecule has 3 aromatic carbocycles. The van der Waals surface area contributed by atoms with Gasteiger partial charge in [-0.25, -0.2) is 0 Å². The van der Waals surface area contributed by atoms with E-state index >= 15 is 0 Å². The van der Waals surface area contributed by atoms with Gasteiger partial charge in [-0.15, -0.1) is 0 Å². The first-order valence-corrected chi connectivity index (χ1v) is 5.71. The van der Waals surface area contributed by atoms with Crippen molar-refractivity contribution in [2.45, 2.75) is 0 Å². The summed E-state index contributed by atoms with van der Waals surface area (Å²) in [6, 6.07) is 19.0. The van der Waals surface area contributed by atoms with Gasteiger partial charge in [-0.05, 0) is 28.3 Å². The van der Waals surface area contributed by atoms with Crippen LogP contribution in [0.1, 0.15) is 0 Å². The summed E-state index contributed by atoms with van der Waals surface area (Å²) in [6.45, 7) is 0. The fourth-order valence-electron chi connectivity index (χ4n) is 2.55. The van der Waals surface area contributed by atoms with Gasteiger partial charge < -0.3 is 4.42 Å². The lowest BCUT2D eigenvalue weighted by molar-refractivity contribution is 0.616. The molecule has 0 radical (unpaired) electrons. The Labute approximate surface area is 98.3 Å². The van der Waals surface area contributed by atoms with Gasteiger partial charge in [0.1, 0.15) is 5.58 Å². The van der Waals surface area contributed by atoms with E-state index in [0.717, 1.165) is 5.58 Å². The molecule has 0 saturated carbocycles. The Bertz CT molecular complexity index is 840. The topological polar surface area (TPSA) is 13.1 Å². The monoisotopic (exact) mass is 218 g/mol. The largest absolute Gasteiger partial charge is 0.464 e. The minimum absolute atomic E-state index is 0.953. The van der Waals surface area contributed by atoms with Crippen molar-refractivity contribution in [2.75, 3.05) is 0 Å². The fraction of sp³-hybridized carbons (Fsp3) is 0. The molecule has 1 aromatic heterocycles. The maximum atomic E-state index is 5.47. The van der Waals surface area contributed by atoms with E-state index < -0.39 is 0 Å². The van der Waals surface area contributed by atoms with E-state index in [1.54, 1.807) is 6.26 Å². The van der Waals surface area contributed by atoms with Crippen molar-refractivity contribution in [1.29, 1.82) is 0 Å². The maximum Gasteiger partial charge on any atom is 0.134 e. The molecule has 0 amide bonds. The van der Waals surface area contributed by atoms with Gasteiger partial charge in [-0.3, -0.25) is 0 Å². The summed E-state index contributed by atoms with van der Waals surface area (Å²) in [5.41, 5.74) is 0.953. The van der Waals surface area contributed by atoms with Crippen LogP contribution < -0.4 is 0 Å². The number of benzene rings is 3. The third-order valence-corrected chi connectivity index (χ3v) is 3.34. The van der Waals surface area contributed by atoms with Crippen molar-refractivity contribution in [3.05, 3.63) is 60.9 Å². The van der Waals surface area contributed by atoms with Crippen molar-refractivity contribution < 1.29 is 4.42 Å². The molecule has 80 valence electrons. The first kappa shape index (κ1) is 8.82. The van der Waals surface area contributed by atoms with Crippen LogP contribution in [0.3, 0.4) is 0 Å². The Morgan fingerprint density at radius 3 is 2.47 bits per heavy atom. The van der Waals surface area contributed by atoms with Gasteiger partial charge in [0.2, 0.25) is 0 Å². The van der Waals surface area contributed by atoms with Crippen molar-refractivity contribution in [2.24, 2.45) is 0 Å². The molecule has 0 saturated heterocycles. The molecule has 0 aliphatic rings. The van der Waals surface area contributed by atoms with Gasteiger partial charge in [-0.2, -0.15) is 0 Å². The molecule has 0 spiro atoms. The molecule has 17 heavy (non-hydrogen) atoms. The standard InChI is InChI=1S/C16H10O/c1-2-4-13-11(3-1)5-6-12-7-8-15-14(16(12)13)9-10-17-15/h1-10H. The highest BCUT2D eigenvalue weighted by Gasteiger charge is 2.06. The normalized spacial score (nSPS) is 11.5. The zero-order valence-corrected chi connectivity index (χ0v) is 9.18. The summed E-state index contributed by atoms with van der Waals surface area (Å²) in [4.78, 5) is 0. The summed E-state index contributed by atoms with van der Waals surface area (Å²) >= 11 is 0. The highest BCUT2D eigenvalue weighted by molar-refractivity contribution is 6.19.